The van der Waals surface area contributed by atoms with Crippen LogP contribution in [0.25, 0.3) is 0 Å². The van der Waals surface area contributed by atoms with Gasteiger partial charge in [0.15, 0.2) is 6.29 Å². The van der Waals surface area contributed by atoms with Gasteiger partial charge < -0.3 is 45.4 Å². The number of aliphatic hydroxyl groups is 2. The van der Waals surface area contributed by atoms with Gasteiger partial charge in [0.25, 0.3) is 11.8 Å². The second-order valence-electron chi connectivity index (χ2n) is 10.6. The molecular weight excluding hydrogens is 562 g/mol. The van der Waals surface area contributed by atoms with Gasteiger partial charge in [-0.2, -0.15) is 0 Å². The number of rotatable bonds is 12. The summed E-state index contributed by atoms with van der Waals surface area (Å²) in [6.07, 6.45) is 4.55. The SMILES string of the molecule is C=CN=C(C=C)C(=C)Nc1cc(C(=O)Nc2cc(C(=O)Nc3ccc(CNC4CC(O)OC(C)C4O)cc3)n(C)c2)n(C)c1. The lowest BCUT2D eigenvalue weighted by atomic mass is 9.99. The fraction of sp³-hybridized carbons (Fsp3) is 0.281. The van der Waals surface area contributed by atoms with Crippen molar-refractivity contribution in [2.45, 2.75) is 44.4 Å². The first-order valence-electron chi connectivity index (χ1n) is 14.1. The number of aryl methyl sites for hydroxylation is 2. The van der Waals surface area contributed by atoms with Crippen molar-refractivity contribution in [3.63, 3.8) is 0 Å². The summed E-state index contributed by atoms with van der Waals surface area (Å²) in [7, 11) is 3.47. The highest BCUT2D eigenvalue weighted by molar-refractivity contribution is 6.10. The number of hydrogen-bond donors (Lipinski definition) is 6. The molecule has 1 saturated heterocycles. The highest BCUT2D eigenvalue weighted by Crippen LogP contribution is 2.21. The number of nitrogens with zero attached hydrogens (tertiary/aromatic N) is 3. The van der Waals surface area contributed by atoms with E-state index in [-0.39, 0.29) is 17.9 Å². The number of carbonyl (C=O) groups excluding carboxylic acids is 2. The van der Waals surface area contributed by atoms with E-state index in [9.17, 15) is 19.8 Å². The molecule has 44 heavy (non-hydrogen) atoms. The van der Waals surface area contributed by atoms with Crippen molar-refractivity contribution in [2.24, 2.45) is 19.1 Å². The first-order chi connectivity index (χ1) is 21.0. The van der Waals surface area contributed by atoms with E-state index in [0.717, 1.165) is 5.56 Å². The van der Waals surface area contributed by atoms with E-state index in [4.69, 9.17) is 4.74 Å². The molecule has 6 N–H and O–H groups in total. The van der Waals surface area contributed by atoms with Crippen molar-refractivity contribution in [3.05, 3.63) is 103 Å². The lowest BCUT2D eigenvalue weighted by molar-refractivity contribution is -0.202. The number of ether oxygens (including phenoxy) is 1. The Morgan fingerprint density at radius 1 is 0.977 bits per heavy atom. The third-order valence-electron chi connectivity index (χ3n) is 7.26. The molecule has 0 radical (unpaired) electrons. The van der Waals surface area contributed by atoms with Crippen molar-refractivity contribution in [2.75, 3.05) is 16.0 Å². The van der Waals surface area contributed by atoms with Crippen LogP contribution in [0, 0.1) is 0 Å². The van der Waals surface area contributed by atoms with Gasteiger partial charge >= 0.3 is 0 Å². The van der Waals surface area contributed by atoms with Gasteiger partial charge in [-0.05, 0) is 42.8 Å². The van der Waals surface area contributed by atoms with Gasteiger partial charge in [-0.25, -0.2) is 0 Å². The molecule has 3 heterocycles. The summed E-state index contributed by atoms with van der Waals surface area (Å²) < 4.78 is 8.55. The Balaban J connectivity index is 1.34. The summed E-state index contributed by atoms with van der Waals surface area (Å²) in [5, 5.41) is 32.2. The van der Waals surface area contributed by atoms with E-state index in [0.29, 0.717) is 52.8 Å². The number of nitrogens with one attached hydrogen (secondary N) is 4. The minimum Gasteiger partial charge on any atom is -0.389 e. The molecule has 3 aromatic rings. The first kappa shape index (κ1) is 32.2. The number of benzene rings is 1. The molecule has 12 nitrogen and oxygen atoms in total. The predicted molar refractivity (Wildman–Crippen MR) is 172 cm³/mol. The fourth-order valence-electron chi connectivity index (χ4n) is 4.92. The Kier molecular flexibility index (Phi) is 10.3. The van der Waals surface area contributed by atoms with E-state index < -0.39 is 18.5 Å². The molecule has 232 valence electrons. The summed E-state index contributed by atoms with van der Waals surface area (Å²) in [6, 6.07) is 10.3. The van der Waals surface area contributed by atoms with Gasteiger partial charge in [0.1, 0.15) is 11.4 Å². The monoisotopic (exact) mass is 601 g/mol. The third-order valence-corrected chi connectivity index (χ3v) is 7.26. The maximum absolute atomic E-state index is 13.1. The molecule has 4 unspecified atom stereocenters. The number of hydrogen-bond acceptors (Lipinski definition) is 8. The van der Waals surface area contributed by atoms with E-state index in [1.54, 1.807) is 72.9 Å². The molecule has 2 amide bonds. The summed E-state index contributed by atoms with van der Waals surface area (Å²) in [5.74, 6) is -0.691. The maximum Gasteiger partial charge on any atom is 0.272 e. The minimum atomic E-state index is -0.913. The minimum absolute atomic E-state index is 0.293. The molecule has 4 rings (SSSR count). The van der Waals surface area contributed by atoms with Crippen LogP contribution in [0.5, 0.6) is 0 Å². The standard InChI is InChI=1S/C32H39N7O5/c1-7-25(33-8-2)19(3)35-23-13-27(38(5)17-23)32(43)37-24-14-28(39(6)18-24)31(42)36-22-11-9-21(10-12-22)16-34-26-15-29(40)44-20(4)30(26)41/h7-14,17-18,20,26,29-30,34-35,40-41H,1-3,15-16H2,4-6H3,(H,36,42)(H,37,43). The van der Waals surface area contributed by atoms with Crippen molar-refractivity contribution in [1.29, 1.82) is 0 Å². The second-order valence-corrected chi connectivity index (χ2v) is 10.6. The quantitative estimate of drug-likeness (QED) is 0.174. The normalized spacial score (nSPS) is 20.1. The van der Waals surface area contributed by atoms with Crippen LogP contribution in [0.1, 0.15) is 39.9 Å². The maximum atomic E-state index is 13.1. The lowest BCUT2D eigenvalue weighted by Crippen LogP contribution is -2.53. The molecule has 1 fully saturated rings. The van der Waals surface area contributed by atoms with Crippen LogP contribution in [0.2, 0.25) is 0 Å². The first-order valence-corrected chi connectivity index (χ1v) is 14.1. The van der Waals surface area contributed by atoms with Gasteiger partial charge in [0.05, 0.1) is 35.0 Å². The van der Waals surface area contributed by atoms with E-state index in [1.165, 1.54) is 6.20 Å². The number of aromatic nitrogens is 2. The molecule has 0 saturated carbocycles. The zero-order valence-corrected chi connectivity index (χ0v) is 25.1. The summed E-state index contributed by atoms with van der Waals surface area (Å²) in [4.78, 5) is 30.2. The highest BCUT2D eigenvalue weighted by atomic mass is 16.6. The average molecular weight is 602 g/mol. The zero-order chi connectivity index (χ0) is 32.0. The molecule has 0 aliphatic carbocycles. The summed E-state index contributed by atoms with van der Waals surface area (Å²) in [5.41, 5.74) is 4.44. The van der Waals surface area contributed by atoms with Crippen LogP contribution < -0.4 is 21.3 Å². The van der Waals surface area contributed by atoms with Crippen LogP contribution in [0.15, 0.2) is 91.5 Å². The highest BCUT2D eigenvalue weighted by Gasteiger charge is 2.34. The third kappa shape index (κ3) is 7.79. The van der Waals surface area contributed by atoms with Crippen LogP contribution >= 0.6 is 0 Å². The van der Waals surface area contributed by atoms with Gasteiger partial charge in [0, 0.05) is 57.4 Å². The Morgan fingerprint density at radius 3 is 2.11 bits per heavy atom. The molecule has 1 aliphatic heterocycles. The van der Waals surface area contributed by atoms with Crippen molar-refractivity contribution in [3.8, 4) is 0 Å². The van der Waals surface area contributed by atoms with Gasteiger partial charge in [-0.3, -0.25) is 14.6 Å². The molecular formula is C32H39N7O5. The van der Waals surface area contributed by atoms with Crippen LogP contribution in [-0.4, -0.2) is 61.4 Å². The van der Waals surface area contributed by atoms with E-state index >= 15 is 0 Å². The summed E-state index contributed by atoms with van der Waals surface area (Å²) >= 11 is 0. The molecule has 2 aromatic heterocycles. The van der Waals surface area contributed by atoms with Gasteiger partial charge in [-0.1, -0.05) is 31.9 Å². The fourth-order valence-corrected chi connectivity index (χ4v) is 4.92. The molecule has 1 aromatic carbocycles. The Labute approximate surface area is 256 Å². The van der Waals surface area contributed by atoms with Gasteiger partial charge in [0.2, 0.25) is 0 Å². The van der Waals surface area contributed by atoms with Crippen molar-refractivity contribution >= 4 is 34.6 Å². The topological polar surface area (TPSA) is 154 Å². The number of anilines is 3. The van der Waals surface area contributed by atoms with Crippen molar-refractivity contribution < 1.29 is 24.5 Å². The summed E-state index contributed by atoms with van der Waals surface area (Å²) in [6.45, 7) is 13.5. The van der Waals surface area contributed by atoms with E-state index in [1.807, 2.05) is 12.1 Å². The molecule has 4 atom stereocenters. The number of allylic oxidation sites excluding steroid dienone is 1. The Hall–Kier alpha value is -4.75. The van der Waals surface area contributed by atoms with Crippen molar-refractivity contribution in [1.82, 2.24) is 14.5 Å². The van der Waals surface area contributed by atoms with Gasteiger partial charge in [-0.15, -0.1) is 0 Å². The number of carbonyl (C=O) groups is 2. The Bertz CT molecular complexity index is 1570. The van der Waals surface area contributed by atoms with E-state index in [2.05, 4.69) is 46.0 Å². The molecule has 12 heteroatoms. The number of amides is 2. The smallest absolute Gasteiger partial charge is 0.272 e. The predicted octanol–water partition coefficient (Wildman–Crippen LogP) is 3.51. The van der Waals surface area contributed by atoms with Crippen LogP contribution in [0.4, 0.5) is 17.1 Å². The molecule has 1 aliphatic rings. The van der Waals surface area contributed by atoms with Crippen LogP contribution in [0.3, 0.4) is 0 Å². The largest absolute Gasteiger partial charge is 0.389 e. The molecule has 0 spiro atoms. The Morgan fingerprint density at radius 2 is 1.55 bits per heavy atom. The number of aliphatic hydroxyl groups excluding tert-OH is 2. The zero-order valence-electron chi connectivity index (χ0n) is 25.1. The molecule has 0 bridgehead atoms. The average Bonchev–Trinajstić information content (AvgIpc) is 3.54. The second kappa shape index (κ2) is 14.1. The number of aliphatic imine (C=N–C) groups is 1. The van der Waals surface area contributed by atoms with Crippen LogP contribution in [-0.2, 0) is 25.4 Å². The lowest BCUT2D eigenvalue weighted by Gasteiger charge is -2.36.